The molecule has 0 radical (unpaired) electrons. The number of ether oxygens (including phenoxy) is 1. The van der Waals surface area contributed by atoms with Crippen molar-refractivity contribution in [3.05, 3.63) is 0 Å². The SMILES string of the molecule is CCC(C)OC(=O)C(C)(C)CCCCC(=O)CCCCCC(=O)O. The lowest BCUT2D eigenvalue weighted by Crippen LogP contribution is -2.29. The molecule has 0 aromatic carbocycles. The van der Waals surface area contributed by atoms with Crippen molar-refractivity contribution < 1.29 is 24.2 Å². The first-order valence-corrected chi connectivity index (χ1v) is 9.13. The van der Waals surface area contributed by atoms with Crippen molar-refractivity contribution in [3.63, 3.8) is 0 Å². The summed E-state index contributed by atoms with van der Waals surface area (Å²) >= 11 is 0. The molecule has 0 saturated carbocycles. The average Bonchev–Trinajstić information content (AvgIpc) is 2.50. The topological polar surface area (TPSA) is 80.7 Å². The van der Waals surface area contributed by atoms with Gasteiger partial charge in [0.1, 0.15) is 5.78 Å². The Hall–Kier alpha value is -1.39. The molecule has 0 aliphatic heterocycles. The van der Waals surface area contributed by atoms with Gasteiger partial charge >= 0.3 is 11.9 Å². The van der Waals surface area contributed by atoms with Gasteiger partial charge in [-0.05, 0) is 52.9 Å². The van der Waals surface area contributed by atoms with E-state index in [-0.39, 0.29) is 24.3 Å². The van der Waals surface area contributed by atoms with Crippen LogP contribution in [-0.4, -0.2) is 28.9 Å². The molecule has 24 heavy (non-hydrogen) atoms. The predicted molar refractivity (Wildman–Crippen MR) is 93.8 cm³/mol. The Morgan fingerprint density at radius 3 is 2.04 bits per heavy atom. The van der Waals surface area contributed by atoms with Gasteiger partial charge in [-0.1, -0.05) is 19.8 Å². The highest BCUT2D eigenvalue weighted by Gasteiger charge is 2.29. The number of esters is 1. The van der Waals surface area contributed by atoms with E-state index < -0.39 is 11.4 Å². The minimum absolute atomic E-state index is 0.0560. The molecule has 0 bridgehead atoms. The highest BCUT2D eigenvalue weighted by Crippen LogP contribution is 2.26. The van der Waals surface area contributed by atoms with Crippen molar-refractivity contribution in [1.82, 2.24) is 0 Å². The lowest BCUT2D eigenvalue weighted by molar-refractivity contribution is -0.159. The van der Waals surface area contributed by atoms with E-state index in [1.807, 2.05) is 27.7 Å². The van der Waals surface area contributed by atoms with Crippen molar-refractivity contribution in [3.8, 4) is 0 Å². The second kappa shape index (κ2) is 12.0. The van der Waals surface area contributed by atoms with Crippen LogP contribution >= 0.6 is 0 Å². The molecule has 0 aliphatic rings. The van der Waals surface area contributed by atoms with Gasteiger partial charge in [0, 0.05) is 19.3 Å². The van der Waals surface area contributed by atoms with Crippen LogP contribution in [0.4, 0.5) is 0 Å². The third-order valence-corrected chi connectivity index (χ3v) is 4.29. The fraction of sp³-hybridized carbons (Fsp3) is 0.842. The molecule has 140 valence electrons. The summed E-state index contributed by atoms with van der Waals surface area (Å²) in [5.41, 5.74) is -0.511. The van der Waals surface area contributed by atoms with Crippen LogP contribution in [0, 0.1) is 5.41 Å². The van der Waals surface area contributed by atoms with Crippen LogP contribution in [0.1, 0.15) is 91.9 Å². The smallest absolute Gasteiger partial charge is 0.311 e. The predicted octanol–water partition coefficient (Wildman–Crippen LogP) is 4.52. The molecule has 0 aromatic heterocycles. The number of unbranched alkanes of at least 4 members (excludes halogenated alkanes) is 3. The van der Waals surface area contributed by atoms with E-state index >= 15 is 0 Å². The Morgan fingerprint density at radius 1 is 0.958 bits per heavy atom. The van der Waals surface area contributed by atoms with Crippen LogP contribution in [0.2, 0.25) is 0 Å². The van der Waals surface area contributed by atoms with Crippen LogP contribution in [-0.2, 0) is 19.1 Å². The molecule has 0 spiro atoms. The quantitative estimate of drug-likeness (QED) is 0.371. The first-order valence-electron chi connectivity index (χ1n) is 9.13. The molecular weight excluding hydrogens is 308 g/mol. The van der Waals surface area contributed by atoms with E-state index in [1.54, 1.807) is 0 Å². The molecule has 0 amide bonds. The van der Waals surface area contributed by atoms with E-state index in [0.717, 1.165) is 32.1 Å². The number of hydrogen-bond donors (Lipinski definition) is 1. The third kappa shape index (κ3) is 11.2. The maximum absolute atomic E-state index is 12.1. The first-order chi connectivity index (χ1) is 11.2. The van der Waals surface area contributed by atoms with Gasteiger partial charge in [0.2, 0.25) is 0 Å². The second-order valence-corrected chi connectivity index (χ2v) is 7.21. The molecule has 1 N–H and O–H groups in total. The van der Waals surface area contributed by atoms with Crippen LogP contribution < -0.4 is 0 Å². The van der Waals surface area contributed by atoms with Gasteiger partial charge in [-0.15, -0.1) is 0 Å². The number of carboxylic acids is 1. The number of rotatable bonds is 14. The Balaban J connectivity index is 3.81. The van der Waals surface area contributed by atoms with Gasteiger partial charge in [-0.2, -0.15) is 0 Å². The summed E-state index contributed by atoms with van der Waals surface area (Å²) in [6, 6.07) is 0. The standard InChI is InChI=1S/C19H34O5/c1-5-15(2)24-18(23)19(3,4)14-10-9-12-16(20)11-7-6-8-13-17(21)22/h15H,5-14H2,1-4H3,(H,21,22). The van der Waals surface area contributed by atoms with E-state index in [9.17, 15) is 14.4 Å². The summed E-state index contributed by atoms with van der Waals surface area (Å²) in [6.45, 7) is 7.66. The number of hydrogen-bond acceptors (Lipinski definition) is 4. The number of carboxylic acid groups (broad SMARTS) is 1. The lowest BCUT2D eigenvalue weighted by Gasteiger charge is -2.24. The molecule has 5 nitrogen and oxygen atoms in total. The molecule has 0 aliphatic carbocycles. The molecule has 0 heterocycles. The zero-order valence-corrected chi connectivity index (χ0v) is 15.7. The molecule has 1 unspecified atom stereocenters. The number of Topliss-reactive ketones (excluding diaryl/α,β-unsaturated/α-hetero) is 1. The molecule has 1 atom stereocenters. The largest absolute Gasteiger partial charge is 0.481 e. The van der Waals surface area contributed by atoms with Crippen LogP contribution in [0.25, 0.3) is 0 Å². The van der Waals surface area contributed by atoms with E-state index in [4.69, 9.17) is 9.84 Å². The molecule has 0 rings (SSSR count). The number of carbonyl (C=O) groups excluding carboxylic acids is 2. The number of carbonyl (C=O) groups is 3. The summed E-state index contributed by atoms with van der Waals surface area (Å²) in [7, 11) is 0. The fourth-order valence-corrected chi connectivity index (χ4v) is 2.32. The number of ketones is 1. The third-order valence-electron chi connectivity index (χ3n) is 4.29. The van der Waals surface area contributed by atoms with Crippen molar-refractivity contribution >= 4 is 17.7 Å². The summed E-state index contributed by atoms with van der Waals surface area (Å²) < 4.78 is 5.39. The minimum Gasteiger partial charge on any atom is -0.481 e. The minimum atomic E-state index is -0.782. The van der Waals surface area contributed by atoms with E-state index in [0.29, 0.717) is 25.7 Å². The second-order valence-electron chi connectivity index (χ2n) is 7.21. The van der Waals surface area contributed by atoms with Gasteiger partial charge in [0.15, 0.2) is 0 Å². The zero-order valence-electron chi connectivity index (χ0n) is 15.7. The molecule has 5 heteroatoms. The average molecular weight is 342 g/mol. The first kappa shape index (κ1) is 22.6. The van der Waals surface area contributed by atoms with Crippen molar-refractivity contribution in [2.24, 2.45) is 5.41 Å². The molecule has 0 aromatic rings. The summed E-state index contributed by atoms with van der Waals surface area (Å²) in [4.78, 5) is 34.2. The Morgan fingerprint density at radius 2 is 1.50 bits per heavy atom. The summed E-state index contributed by atoms with van der Waals surface area (Å²) in [6.07, 6.45) is 6.50. The lowest BCUT2D eigenvalue weighted by atomic mass is 9.86. The maximum Gasteiger partial charge on any atom is 0.311 e. The van der Waals surface area contributed by atoms with Crippen molar-refractivity contribution in [2.75, 3.05) is 0 Å². The molecular formula is C19H34O5. The van der Waals surface area contributed by atoms with E-state index in [1.165, 1.54) is 0 Å². The summed E-state index contributed by atoms with van der Waals surface area (Å²) in [5.74, 6) is -0.720. The monoisotopic (exact) mass is 342 g/mol. The zero-order chi connectivity index (χ0) is 18.6. The van der Waals surface area contributed by atoms with Crippen LogP contribution in [0.5, 0.6) is 0 Å². The van der Waals surface area contributed by atoms with Crippen molar-refractivity contribution in [2.45, 2.75) is 98.0 Å². The van der Waals surface area contributed by atoms with Gasteiger partial charge in [-0.3, -0.25) is 14.4 Å². The fourth-order valence-electron chi connectivity index (χ4n) is 2.32. The molecule has 0 fully saturated rings. The number of aliphatic carboxylic acids is 1. The van der Waals surface area contributed by atoms with Crippen LogP contribution in [0.3, 0.4) is 0 Å². The Bertz CT molecular complexity index is 401. The highest BCUT2D eigenvalue weighted by atomic mass is 16.5. The van der Waals surface area contributed by atoms with Gasteiger partial charge < -0.3 is 9.84 Å². The normalized spacial score (nSPS) is 12.7. The Labute approximate surface area is 146 Å². The van der Waals surface area contributed by atoms with Crippen LogP contribution in [0.15, 0.2) is 0 Å². The molecule has 0 saturated heterocycles. The Kier molecular flexibility index (Phi) is 11.3. The van der Waals surface area contributed by atoms with E-state index in [2.05, 4.69) is 0 Å². The van der Waals surface area contributed by atoms with Crippen molar-refractivity contribution in [1.29, 1.82) is 0 Å². The van der Waals surface area contributed by atoms with Gasteiger partial charge in [-0.25, -0.2) is 0 Å². The van der Waals surface area contributed by atoms with Gasteiger partial charge in [0.05, 0.1) is 11.5 Å². The highest BCUT2D eigenvalue weighted by molar-refractivity contribution is 5.78. The maximum atomic E-state index is 12.1. The van der Waals surface area contributed by atoms with Gasteiger partial charge in [0.25, 0.3) is 0 Å². The summed E-state index contributed by atoms with van der Waals surface area (Å²) in [5, 5.41) is 8.53.